The van der Waals surface area contributed by atoms with Crippen molar-refractivity contribution < 1.29 is 4.79 Å². The number of para-hydroxylation sites is 1. The second kappa shape index (κ2) is 3.74. The fourth-order valence-corrected chi connectivity index (χ4v) is 2.27. The molecule has 0 saturated heterocycles. The molecule has 1 aromatic carbocycles. The molecule has 4 heteroatoms. The third-order valence-electron chi connectivity index (χ3n) is 2.11. The van der Waals surface area contributed by atoms with Crippen molar-refractivity contribution in [2.75, 3.05) is 5.73 Å². The lowest BCUT2D eigenvalue weighted by molar-refractivity contribution is 0.100. The Morgan fingerprint density at radius 3 is 2.60 bits per heavy atom. The molecule has 76 valence electrons. The minimum Gasteiger partial charge on any atom is -0.398 e. The molecule has 2 aromatic rings. The number of primary amides is 1. The average Bonchev–Trinajstić information content (AvgIpc) is 2.67. The number of carbonyl (C=O) groups excluding carboxylic acids is 1. The number of rotatable bonds is 2. The van der Waals surface area contributed by atoms with Crippen molar-refractivity contribution in [3.05, 3.63) is 41.3 Å². The predicted octanol–water partition coefficient (Wildman–Crippen LogP) is 2.10. The first-order valence-electron chi connectivity index (χ1n) is 4.41. The van der Waals surface area contributed by atoms with Crippen molar-refractivity contribution in [1.29, 1.82) is 0 Å². The highest BCUT2D eigenvalue weighted by Crippen LogP contribution is 2.31. The maximum absolute atomic E-state index is 10.9. The second-order valence-electron chi connectivity index (χ2n) is 3.15. The molecule has 15 heavy (non-hydrogen) atoms. The quantitative estimate of drug-likeness (QED) is 0.758. The summed E-state index contributed by atoms with van der Waals surface area (Å²) in [6.45, 7) is 0. The van der Waals surface area contributed by atoms with Crippen molar-refractivity contribution in [3.8, 4) is 10.4 Å². The Hall–Kier alpha value is -1.81. The van der Waals surface area contributed by atoms with Gasteiger partial charge in [0.15, 0.2) is 0 Å². The molecular formula is C11H10N2OS. The van der Waals surface area contributed by atoms with Crippen LogP contribution in [0.1, 0.15) is 10.4 Å². The Morgan fingerprint density at radius 1 is 1.27 bits per heavy atom. The monoisotopic (exact) mass is 218 g/mol. The van der Waals surface area contributed by atoms with Crippen LogP contribution >= 0.6 is 11.3 Å². The van der Waals surface area contributed by atoms with E-state index >= 15 is 0 Å². The summed E-state index contributed by atoms with van der Waals surface area (Å²) in [5.74, 6) is -0.410. The SMILES string of the molecule is NC(=O)c1csc(-c2ccccc2N)c1. The number of nitrogens with two attached hydrogens (primary N) is 2. The van der Waals surface area contributed by atoms with Crippen molar-refractivity contribution in [2.45, 2.75) is 0 Å². The minimum atomic E-state index is -0.410. The number of thiophene rings is 1. The van der Waals surface area contributed by atoms with Gasteiger partial charge >= 0.3 is 0 Å². The van der Waals surface area contributed by atoms with Crippen molar-refractivity contribution in [2.24, 2.45) is 5.73 Å². The first kappa shape index (κ1) is 9.73. The first-order chi connectivity index (χ1) is 7.18. The summed E-state index contributed by atoms with van der Waals surface area (Å²) in [6.07, 6.45) is 0. The lowest BCUT2D eigenvalue weighted by atomic mass is 10.1. The van der Waals surface area contributed by atoms with E-state index in [1.807, 2.05) is 24.3 Å². The van der Waals surface area contributed by atoms with E-state index < -0.39 is 5.91 Å². The molecule has 0 fully saturated rings. The molecular weight excluding hydrogens is 208 g/mol. The maximum atomic E-state index is 10.9. The lowest BCUT2D eigenvalue weighted by Gasteiger charge is -2.00. The number of carbonyl (C=O) groups is 1. The summed E-state index contributed by atoms with van der Waals surface area (Å²) < 4.78 is 0. The molecule has 0 saturated carbocycles. The van der Waals surface area contributed by atoms with Gasteiger partial charge in [-0.1, -0.05) is 18.2 Å². The van der Waals surface area contributed by atoms with E-state index in [4.69, 9.17) is 11.5 Å². The van der Waals surface area contributed by atoms with Crippen LogP contribution in [0.3, 0.4) is 0 Å². The third kappa shape index (κ3) is 1.85. The predicted molar refractivity (Wildman–Crippen MR) is 62.7 cm³/mol. The normalized spacial score (nSPS) is 10.1. The highest BCUT2D eigenvalue weighted by atomic mass is 32.1. The van der Waals surface area contributed by atoms with Crippen LogP contribution in [0.2, 0.25) is 0 Å². The Kier molecular flexibility index (Phi) is 2.43. The van der Waals surface area contributed by atoms with Gasteiger partial charge in [-0.15, -0.1) is 11.3 Å². The molecule has 1 aromatic heterocycles. The largest absolute Gasteiger partial charge is 0.398 e. The molecule has 0 spiro atoms. The van der Waals surface area contributed by atoms with E-state index in [2.05, 4.69) is 0 Å². The van der Waals surface area contributed by atoms with Crippen LogP contribution in [0.5, 0.6) is 0 Å². The standard InChI is InChI=1S/C11H10N2OS/c12-9-4-2-1-3-8(9)10-5-7(6-15-10)11(13)14/h1-6H,12H2,(H2,13,14). The second-order valence-corrected chi connectivity index (χ2v) is 4.06. The van der Waals surface area contributed by atoms with E-state index in [1.165, 1.54) is 11.3 Å². The summed E-state index contributed by atoms with van der Waals surface area (Å²) in [7, 11) is 0. The average molecular weight is 218 g/mol. The van der Waals surface area contributed by atoms with Crippen LogP contribution < -0.4 is 11.5 Å². The van der Waals surface area contributed by atoms with Gasteiger partial charge in [0, 0.05) is 21.5 Å². The number of nitrogen functional groups attached to an aromatic ring is 1. The Labute approximate surface area is 91.3 Å². The Morgan fingerprint density at radius 2 is 2.00 bits per heavy atom. The van der Waals surface area contributed by atoms with E-state index in [9.17, 15) is 4.79 Å². The molecule has 0 radical (unpaired) electrons. The smallest absolute Gasteiger partial charge is 0.249 e. The van der Waals surface area contributed by atoms with Crippen LogP contribution in [-0.4, -0.2) is 5.91 Å². The van der Waals surface area contributed by atoms with Crippen molar-refractivity contribution in [1.82, 2.24) is 0 Å². The Balaban J connectivity index is 2.46. The molecule has 0 bridgehead atoms. The van der Waals surface area contributed by atoms with Crippen LogP contribution in [0.4, 0.5) is 5.69 Å². The zero-order valence-electron chi connectivity index (χ0n) is 7.94. The number of amides is 1. The van der Waals surface area contributed by atoms with Gasteiger partial charge in [-0.2, -0.15) is 0 Å². The van der Waals surface area contributed by atoms with Crippen LogP contribution in [-0.2, 0) is 0 Å². The first-order valence-corrected chi connectivity index (χ1v) is 5.29. The molecule has 0 unspecified atom stereocenters. The highest BCUT2D eigenvalue weighted by Gasteiger charge is 2.08. The molecule has 1 heterocycles. The van der Waals surface area contributed by atoms with E-state index in [1.54, 1.807) is 11.4 Å². The zero-order valence-corrected chi connectivity index (χ0v) is 8.75. The van der Waals surface area contributed by atoms with Gasteiger partial charge in [0.25, 0.3) is 0 Å². The third-order valence-corrected chi connectivity index (χ3v) is 3.07. The number of benzene rings is 1. The maximum Gasteiger partial charge on any atom is 0.249 e. The molecule has 0 aliphatic heterocycles. The molecule has 0 aliphatic carbocycles. The number of hydrogen-bond acceptors (Lipinski definition) is 3. The van der Waals surface area contributed by atoms with Crippen LogP contribution in [0.15, 0.2) is 35.7 Å². The van der Waals surface area contributed by atoms with Gasteiger partial charge in [-0.3, -0.25) is 4.79 Å². The summed E-state index contributed by atoms with van der Waals surface area (Å²) in [6, 6.07) is 9.31. The molecule has 2 rings (SSSR count). The molecule has 1 amide bonds. The van der Waals surface area contributed by atoms with Gasteiger partial charge < -0.3 is 11.5 Å². The zero-order chi connectivity index (χ0) is 10.8. The molecule has 0 aliphatic rings. The molecule has 4 N–H and O–H groups in total. The van der Waals surface area contributed by atoms with Crippen molar-refractivity contribution >= 4 is 22.9 Å². The molecule has 0 atom stereocenters. The number of anilines is 1. The van der Waals surface area contributed by atoms with E-state index in [0.29, 0.717) is 11.3 Å². The molecule has 3 nitrogen and oxygen atoms in total. The summed E-state index contributed by atoms with van der Waals surface area (Å²) in [5.41, 5.74) is 13.2. The topological polar surface area (TPSA) is 69.1 Å². The van der Waals surface area contributed by atoms with Gasteiger partial charge in [-0.05, 0) is 12.1 Å². The van der Waals surface area contributed by atoms with E-state index in [-0.39, 0.29) is 0 Å². The van der Waals surface area contributed by atoms with E-state index in [0.717, 1.165) is 10.4 Å². The van der Waals surface area contributed by atoms with Crippen LogP contribution in [0, 0.1) is 0 Å². The summed E-state index contributed by atoms with van der Waals surface area (Å²) >= 11 is 1.46. The van der Waals surface area contributed by atoms with Gasteiger partial charge in [0.05, 0.1) is 5.56 Å². The fourth-order valence-electron chi connectivity index (χ4n) is 1.33. The summed E-state index contributed by atoms with van der Waals surface area (Å²) in [5, 5.41) is 1.74. The fraction of sp³-hybridized carbons (Fsp3) is 0. The van der Waals surface area contributed by atoms with Crippen LogP contribution in [0.25, 0.3) is 10.4 Å². The van der Waals surface area contributed by atoms with Gasteiger partial charge in [-0.25, -0.2) is 0 Å². The number of hydrogen-bond donors (Lipinski definition) is 2. The van der Waals surface area contributed by atoms with Gasteiger partial charge in [0.1, 0.15) is 0 Å². The lowest BCUT2D eigenvalue weighted by Crippen LogP contribution is -2.08. The highest BCUT2D eigenvalue weighted by molar-refractivity contribution is 7.14. The summed E-state index contributed by atoms with van der Waals surface area (Å²) in [4.78, 5) is 11.9. The minimum absolute atomic E-state index is 0.410. The Bertz CT molecular complexity index is 505. The van der Waals surface area contributed by atoms with Gasteiger partial charge in [0.2, 0.25) is 5.91 Å². The van der Waals surface area contributed by atoms with Crippen molar-refractivity contribution in [3.63, 3.8) is 0 Å².